The molecule has 1 unspecified atom stereocenters. The van der Waals surface area contributed by atoms with Gasteiger partial charge < -0.3 is 5.32 Å². The number of nitrogens with one attached hydrogen (secondary N) is 1. The number of nitrogens with zero attached hydrogens (tertiary/aromatic N) is 3. The summed E-state index contributed by atoms with van der Waals surface area (Å²) in [4.78, 5) is 19.0. The van der Waals surface area contributed by atoms with Crippen LogP contribution in [0.2, 0.25) is 0 Å². The van der Waals surface area contributed by atoms with Crippen LogP contribution in [0.3, 0.4) is 0 Å². The summed E-state index contributed by atoms with van der Waals surface area (Å²) in [5.74, 6) is 0.552. The first-order valence-electron chi connectivity index (χ1n) is 8.28. The van der Waals surface area contributed by atoms with Crippen molar-refractivity contribution >= 4 is 27.7 Å². The van der Waals surface area contributed by atoms with Gasteiger partial charge in [0.15, 0.2) is 0 Å². The van der Waals surface area contributed by atoms with E-state index in [1.165, 1.54) is 0 Å². The third-order valence-corrected chi connectivity index (χ3v) is 4.79. The Hall–Kier alpha value is -2.23. The number of nitriles is 1. The van der Waals surface area contributed by atoms with Crippen LogP contribution in [0.5, 0.6) is 0 Å². The van der Waals surface area contributed by atoms with Crippen LogP contribution in [-0.2, 0) is 11.3 Å². The molecule has 1 atom stereocenters. The maximum Gasteiger partial charge on any atom is 0.229 e. The minimum Gasteiger partial charge on any atom is -0.310 e. The number of likely N-dealkylation sites (tertiary alicyclic amines) is 1. The minimum absolute atomic E-state index is 0.0188. The average Bonchev–Trinajstić information content (AvgIpc) is 2.64. The molecule has 6 heteroatoms. The summed E-state index contributed by atoms with van der Waals surface area (Å²) in [5.41, 5.74) is 1.78. The zero-order valence-corrected chi connectivity index (χ0v) is 15.4. The van der Waals surface area contributed by atoms with E-state index in [2.05, 4.69) is 37.2 Å². The van der Waals surface area contributed by atoms with E-state index in [-0.39, 0.29) is 11.8 Å². The van der Waals surface area contributed by atoms with Gasteiger partial charge in [0, 0.05) is 23.8 Å². The Morgan fingerprint density at radius 3 is 3.04 bits per heavy atom. The molecule has 0 saturated carbocycles. The van der Waals surface area contributed by atoms with E-state index in [0.717, 1.165) is 42.5 Å². The van der Waals surface area contributed by atoms with Gasteiger partial charge in [-0.25, -0.2) is 4.98 Å². The van der Waals surface area contributed by atoms with Gasteiger partial charge in [-0.2, -0.15) is 5.26 Å². The number of piperidine rings is 1. The molecule has 3 rings (SSSR count). The van der Waals surface area contributed by atoms with Crippen molar-refractivity contribution in [3.05, 3.63) is 58.2 Å². The van der Waals surface area contributed by atoms with Crippen LogP contribution in [0.15, 0.2) is 47.1 Å². The van der Waals surface area contributed by atoms with Crippen LogP contribution in [0, 0.1) is 17.2 Å². The first-order chi connectivity index (χ1) is 12.1. The third-order valence-electron chi connectivity index (χ3n) is 4.32. The van der Waals surface area contributed by atoms with Crippen molar-refractivity contribution in [1.82, 2.24) is 9.88 Å². The number of halogens is 1. The van der Waals surface area contributed by atoms with Gasteiger partial charge in [0.2, 0.25) is 5.91 Å². The second-order valence-corrected chi connectivity index (χ2v) is 7.15. The molecule has 25 heavy (non-hydrogen) atoms. The summed E-state index contributed by atoms with van der Waals surface area (Å²) in [5, 5.41) is 11.9. The number of amides is 1. The molecule has 0 aliphatic carbocycles. The summed E-state index contributed by atoms with van der Waals surface area (Å²) < 4.78 is 0.883. The zero-order valence-electron chi connectivity index (χ0n) is 13.8. The monoisotopic (exact) mass is 398 g/mol. The van der Waals surface area contributed by atoms with Crippen molar-refractivity contribution in [2.24, 2.45) is 5.92 Å². The highest BCUT2D eigenvalue weighted by atomic mass is 79.9. The number of carbonyl (C=O) groups is 1. The number of anilines is 1. The van der Waals surface area contributed by atoms with Crippen molar-refractivity contribution in [3.8, 4) is 6.07 Å². The van der Waals surface area contributed by atoms with Crippen LogP contribution in [0.4, 0.5) is 5.82 Å². The van der Waals surface area contributed by atoms with Crippen LogP contribution in [-0.4, -0.2) is 28.9 Å². The number of benzene rings is 1. The maximum atomic E-state index is 12.5. The summed E-state index contributed by atoms with van der Waals surface area (Å²) >= 11 is 3.34. The standard InChI is InChI=1S/C19H19BrN4O/c20-17-6-7-18(22-11-17)23-19(25)16-5-2-8-24(13-16)12-15-4-1-3-14(9-15)10-21/h1,3-4,6-7,9,11,16H,2,5,8,12-13H2,(H,22,23,25). The number of pyridine rings is 1. The lowest BCUT2D eigenvalue weighted by Crippen LogP contribution is -2.40. The molecule has 1 aromatic carbocycles. The predicted molar refractivity (Wildman–Crippen MR) is 99.7 cm³/mol. The molecule has 1 aliphatic rings. The smallest absolute Gasteiger partial charge is 0.229 e. The Balaban J connectivity index is 1.59. The van der Waals surface area contributed by atoms with E-state index in [1.807, 2.05) is 24.3 Å². The first-order valence-corrected chi connectivity index (χ1v) is 9.07. The van der Waals surface area contributed by atoms with E-state index in [1.54, 1.807) is 18.3 Å². The highest BCUT2D eigenvalue weighted by molar-refractivity contribution is 9.10. The molecule has 2 aromatic rings. The molecule has 1 aromatic heterocycles. The van der Waals surface area contributed by atoms with Gasteiger partial charge in [0.05, 0.1) is 17.6 Å². The zero-order chi connectivity index (χ0) is 17.6. The van der Waals surface area contributed by atoms with Crippen molar-refractivity contribution in [2.45, 2.75) is 19.4 Å². The Kier molecular flexibility index (Phi) is 5.79. The van der Waals surface area contributed by atoms with E-state index in [4.69, 9.17) is 5.26 Å². The van der Waals surface area contributed by atoms with Crippen molar-refractivity contribution in [2.75, 3.05) is 18.4 Å². The highest BCUT2D eigenvalue weighted by Crippen LogP contribution is 2.21. The number of hydrogen-bond acceptors (Lipinski definition) is 4. The van der Waals surface area contributed by atoms with Gasteiger partial charge in [-0.15, -0.1) is 0 Å². The molecule has 0 spiro atoms. The van der Waals surface area contributed by atoms with Gasteiger partial charge in [-0.1, -0.05) is 12.1 Å². The Bertz CT molecular complexity index is 785. The van der Waals surface area contributed by atoms with Gasteiger partial charge in [0.1, 0.15) is 5.82 Å². The molecule has 1 aliphatic heterocycles. The van der Waals surface area contributed by atoms with E-state index < -0.39 is 0 Å². The van der Waals surface area contributed by atoms with Gasteiger partial charge in [-0.05, 0) is 65.1 Å². The lowest BCUT2D eigenvalue weighted by Gasteiger charge is -2.32. The van der Waals surface area contributed by atoms with E-state index in [9.17, 15) is 4.79 Å². The lowest BCUT2D eigenvalue weighted by molar-refractivity contribution is -0.121. The van der Waals surface area contributed by atoms with Gasteiger partial charge in [0.25, 0.3) is 0 Å². The van der Waals surface area contributed by atoms with Crippen LogP contribution in [0.1, 0.15) is 24.0 Å². The molecule has 1 N–H and O–H groups in total. The largest absolute Gasteiger partial charge is 0.310 e. The number of rotatable bonds is 4. The normalized spacial score (nSPS) is 17.7. The average molecular weight is 399 g/mol. The minimum atomic E-state index is -0.0432. The maximum absolute atomic E-state index is 12.5. The second kappa shape index (κ2) is 8.24. The molecule has 0 bridgehead atoms. The molecule has 1 amide bonds. The SMILES string of the molecule is N#Cc1cccc(CN2CCCC(C(=O)Nc3ccc(Br)cn3)C2)c1. The van der Waals surface area contributed by atoms with Crippen LogP contribution < -0.4 is 5.32 Å². The topological polar surface area (TPSA) is 69.0 Å². The molecule has 2 heterocycles. The molecule has 5 nitrogen and oxygen atoms in total. The lowest BCUT2D eigenvalue weighted by atomic mass is 9.96. The highest BCUT2D eigenvalue weighted by Gasteiger charge is 2.26. The first kappa shape index (κ1) is 17.6. The summed E-state index contributed by atoms with van der Waals surface area (Å²) in [7, 11) is 0. The number of hydrogen-bond donors (Lipinski definition) is 1. The summed E-state index contributed by atoms with van der Waals surface area (Å²) in [6, 6.07) is 13.5. The van der Waals surface area contributed by atoms with Crippen molar-refractivity contribution in [1.29, 1.82) is 5.26 Å². The Morgan fingerprint density at radius 2 is 2.28 bits per heavy atom. The fraction of sp³-hybridized carbons (Fsp3) is 0.316. The van der Waals surface area contributed by atoms with E-state index >= 15 is 0 Å². The summed E-state index contributed by atoms with van der Waals surface area (Å²) in [6.07, 6.45) is 3.55. The Morgan fingerprint density at radius 1 is 1.40 bits per heavy atom. The van der Waals surface area contributed by atoms with Gasteiger partial charge in [-0.3, -0.25) is 9.69 Å². The quantitative estimate of drug-likeness (QED) is 0.854. The second-order valence-electron chi connectivity index (χ2n) is 6.24. The third kappa shape index (κ3) is 4.88. The van der Waals surface area contributed by atoms with Crippen LogP contribution in [0.25, 0.3) is 0 Å². The number of aromatic nitrogens is 1. The van der Waals surface area contributed by atoms with Crippen molar-refractivity contribution < 1.29 is 4.79 Å². The fourth-order valence-corrected chi connectivity index (χ4v) is 3.32. The van der Waals surface area contributed by atoms with E-state index in [0.29, 0.717) is 11.4 Å². The van der Waals surface area contributed by atoms with Crippen molar-refractivity contribution in [3.63, 3.8) is 0 Å². The molecule has 0 radical (unpaired) electrons. The number of carbonyl (C=O) groups excluding carboxylic acids is 1. The molecular weight excluding hydrogens is 380 g/mol. The van der Waals surface area contributed by atoms with Crippen LogP contribution >= 0.6 is 15.9 Å². The predicted octanol–water partition coefficient (Wildman–Crippen LogP) is 3.57. The summed E-state index contributed by atoms with van der Waals surface area (Å²) in [6.45, 7) is 2.45. The fourth-order valence-electron chi connectivity index (χ4n) is 3.09. The van der Waals surface area contributed by atoms with Gasteiger partial charge >= 0.3 is 0 Å². The molecule has 1 saturated heterocycles. The molecule has 1 fully saturated rings. The Labute approximate surface area is 155 Å². The molecular formula is C19H19BrN4O. The molecule has 128 valence electrons.